The van der Waals surface area contributed by atoms with E-state index in [0.717, 1.165) is 12.1 Å². The molecule has 0 bridgehead atoms. The zero-order valence-electron chi connectivity index (χ0n) is 8.20. The van der Waals surface area contributed by atoms with E-state index in [-0.39, 0.29) is 11.4 Å². The molecule has 0 aliphatic heterocycles. The fraction of sp³-hybridized carbons (Fsp3) is 0.333. The number of nitrogens with zero attached hydrogens (tertiary/aromatic N) is 1. The van der Waals surface area contributed by atoms with Crippen molar-refractivity contribution in [3.63, 3.8) is 0 Å². The van der Waals surface area contributed by atoms with E-state index in [9.17, 15) is 14.5 Å². The predicted octanol–water partition coefficient (Wildman–Crippen LogP) is 1.33. The van der Waals surface area contributed by atoms with Crippen molar-refractivity contribution in [3.05, 3.63) is 34.1 Å². The van der Waals surface area contributed by atoms with Gasteiger partial charge in [-0.15, -0.1) is 0 Å². The highest BCUT2D eigenvalue weighted by molar-refractivity contribution is 5.46. The van der Waals surface area contributed by atoms with E-state index in [1.165, 1.54) is 6.07 Å². The molecule has 0 radical (unpaired) electrons. The molecule has 0 saturated heterocycles. The summed E-state index contributed by atoms with van der Waals surface area (Å²) in [4.78, 5) is 9.88. The quantitative estimate of drug-likeness (QED) is 0.456. The molecular formula is C9H11FN2O3. The zero-order chi connectivity index (χ0) is 11.3. The lowest BCUT2D eigenvalue weighted by Crippen LogP contribution is -2.16. The van der Waals surface area contributed by atoms with Crippen LogP contribution in [0, 0.1) is 15.9 Å². The van der Waals surface area contributed by atoms with Gasteiger partial charge in [0.1, 0.15) is 12.4 Å². The molecule has 0 amide bonds. The standard InChI is InChI=1S/C9H11FN2O3/c1-11-4-5-15-9-3-2-7(10)6-8(9)12(13)14/h2-3,6,11H,4-5H2,1H3. The second kappa shape index (κ2) is 5.26. The third-order valence-corrected chi connectivity index (χ3v) is 1.73. The van der Waals surface area contributed by atoms with Crippen molar-refractivity contribution in [1.82, 2.24) is 5.32 Å². The maximum Gasteiger partial charge on any atom is 0.313 e. The number of hydrogen-bond donors (Lipinski definition) is 1. The molecule has 5 nitrogen and oxygen atoms in total. The normalized spacial score (nSPS) is 10.0. The lowest BCUT2D eigenvalue weighted by atomic mass is 10.3. The number of rotatable bonds is 5. The molecule has 6 heteroatoms. The Morgan fingerprint density at radius 1 is 1.60 bits per heavy atom. The average Bonchev–Trinajstić information content (AvgIpc) is 2.20. The smallest absolute Gasteiger partial charge is 0.313 e. The summed E-state index contributed by atoms with van der Waals surface area (Å²) in [6, 6.07) is 3.22. The highest BCUT2D eigenvalue weighted by atomic mass is 19.1. The summed E-state index contributed by atoms with van der Waals surface area (Å²) in [5, 5.41) is 13.4. The largest absolute Gasteiger partial charge is 0.485 e. The van der Waals surface area contributed by atoms with E-state index < -0.39 is 10.7 Å². The van der Waals surface area contributed by atoms with Gasteiger partial charge in [0.25, 0.3) is 0 Å². The number of hydrogen-bond acceptors (Lipinski definition) is 4. The Bertz CT molecular complexity index is 357. The number of nitrogens with one attached hydrogen (secondary N) is 1. The maximum absolute atomic E-state index is 12.7. The highest BCUT2D eigenvalue weighted by Gasteiger charge is 2.15. The van der Waals surface area contributed by atoms with Crippen LogP contribution in [0.1, 0.15) is 0 Å². The van der Waals surface area contributed by atoms with Crippen LogP contribution < -0.4 is 10.1 Å². The minimum atomic E-state index is -0.669. The number of nitro groups is 1. The first-order valence-corrected chi connectivity index (χ1v) is 4.36. The first-order chi connectivity index (χ1) is 7.15. The number of benzene rings is 1. The lowest BCUT2D eigenvalue weighted by Gasteiger charge is -2.05. The number of nitro benzene ring substituents is 1. The predicted molar refractivity (Wildman–Crippen MR) is 52.5 cm³/mol. The Kier molecular flexibility index (Phi) is 3.99. The Balaban J connectivity index is 2.81. The highest BCUT2D eigenvalue weighted by Crippen LogP contribution is 2.27. The van der Waals surface area contributed by atoms with Gasteiger partial charge in [-0.2, -0.15) is 0 Å². The summed E-state index contributed by atoms with van der Waals surface area (Å²) in [7, 11) is 1.74. The second-order valence-corrected chi connectivity index (χ2v) is 2.82. The first-order valence-electron chi connectivity index (χ1n) is 4.36. The third-order valence-electron chi connectivity index (χ3n) is 1.73. The van der Waals surface area contributed by atoms with Crippen molar-refractivity contribution in [2.24, 2.45) is 0 Å². The molecule has 0 aliphatic rings. The van der Waals surface area contributed by atoms with Crippen molar-refractivity contribution >= 4 is 5.69 Å². The van der Waals surface area contributed by atoms with E-state index in [0.29, 0.717) is 13.2 Å². The fourth-order valence-electron chi connectivity index (χ4n) is 1.02. The molecule has 0 aliphatic carbocycles. The van der Waals surface area contributed by atoms with Crippen LogP contribution in [-0.4, -0.2) is 25.1 Å². The van der Waals surface area contributed by atoms with E-state index in [2.05, 4.69) is 5.32 Å². The van der Waals surface area contributed by atoms with Crippen LogP contribution in [0.5, 0.6) is 5.75 Å². The molecule has 0 atom stereocenters. The van der Waals surface area contributed by atoms with Crippen LogP contribution >= 0.6 is 0 Å². The molecular weight excluding hydrogens is 203 g/mol. The SMILES string of the molecule is CNCCOc1ccc(F)cc1[N+](=O)[O-]. The van der Waals surface area contributed by atoms with Crippen LogP contribution in [0.2, 0.25) is 0 Å². The van der Waals surface area contributed by atoms with Crippen molar-refractivity contribution < 1.29 is 14.1 Å². The van der Waals surface area contributed by atoms with E-state index in [1.807, 2.05) is 0 Å². The number of likely N-dealkylation sites (N-methyl/N-ethyl adjacent to an activating group) is 1. The molecule has 1 aromatic carbocycles. The Morgan fingerprint density at radius 2 is 2.33 bits per heavy atom. The van der Waals surface area contributed by atoms with Gasteiger partial charge in [-0.1, -0.05) is 0 Å². The summed E-state index contributed by atoms with van der Waals surface area (Å²) in [6.07, 6.45) is 0. The van der Waals surface area contributed by atoms with Gasteiger partial charge in [-0.25, -0.2) is 4.39 Å². The van der Waals surface area contributed by atoms with Gasteiger partial charge in [-0.05, 0) is 19.2 Å². The maximum atomic E-state index is 12.7. The lowest BCUT2D eigenvalue weighted by molar-refractivity contribution is -0.386. The van der Waals surface area contributed by atoms with Gasteiger partial charge < -0.3 is 10.1 Å². The van der Waals surface area contributed by atoms with Crippen molar-refractivity contribution in [2.75, 3.05) is 20.2 Å². The van der Waals surface area contributed by atoms with Crippen LogP contribution in [0.3, 0.4) is 0 Å². The molecule has 0 spiro atoms. The van der Waals surface area contributed by atoms with Crippen molar-refractivity contribution in [2.45, 2.75) is 0 Å². The Hall–Kier alpha value is -1.69. The van der Waals surface area contributed by atoms with Crippen LogP contribution in [0.4, 0.5) is 10.1 Å². The van der Waals surface area contributed by atoms with Crippen molar-refractivity contribution in [1.29, 1.82) is 0 Å². The molecule has 1 aromatic rings. The molecule has 0 heterocycles. The molecule has 1 rings (SSSR count). The summed E-state index contributed by atoms with van der Waals surface area (Å²) in [6.45, 7) is 0.859. The summed E-state index contributed by atoms with van der Waals surface area (Å²) < 4.78 is 17.8. The van der Waals surface area contributed by atoms with E-state index >= 15 is 0 Å². The molecule has 82 valence electrons. The molecule has 0 fully saturated rings. The minimum absolute atomic E-state index is 0.0802. The Morgan fingerprint density at radius 3 is 2.93 bits per heavy atom. The van der Waals surface area contributed by atoms with Gasteiger partial charge in [0.15, 0.2) is 5.75 Å². The van der Waals surface area contributed by atoms with Gasteiger partial charge in [0.05, 0.1) is 11.0 Å². The average molecular weight is 214 g/mol. The summed E-state index contributed by atoms with van der Waals surface area (Å²) >= 11 is 0. The minimum Gasteiger partial charge on any atom is -0.485 e. The number of ether oxygens (including phenoxy) is 1. The van der Waals surface area contributed by atoms with Gasteiger partial charge in [0.2, 0.25) is 0 Å². The molecule has 0 aromatic heterocycles. The second-order valence-electron chi connectivity index (χ2n) is 2.82. The topological polar surface area (TPSA) is 64.4 Å². The van der Waals surface area contributed by atoms with Gasteiger partial charge in [0, 0.05) is 6.54 Å². The van der Waals surface area contributed by atoms with Gasteiger partial charge >= 0.3 is 5.69 Å². The van der Waals surface area contributed by atoms with Crippen LogP contribution in [0.25, 0.3) is 0 Å². The zero-order valence-corrected chi connectivity index (χ0v) is 8.20. The number of halogens is 1. The van der Waals surface area contributed by atoms with Crippen LogP contribution in [0.15, 0.2) is 18.2 Å². The summed E-state index contributed by atoms with van der Waals surface area (Å²) in [5.41, 5.74) is -0.355. The third kappa shape index (κ3) is 3.17. The summed E-state index contributed by atoms with van der Waals surface area (Å²) in [5.74, 6) is -0.570. The van der Waals surface area contributed by atoms with Crippen molar-refractivity contribution in [3.8, 4) is 5.75 Å². The monoisotopic (exact) mass is 214 g/mol. The molecule has 0 unspecified atom stereocenters. The molecule has 15 heavy (non-hydrogen) atoms. The molecule has 0 saturated carbocycles. The molecule has 1 N–H and O–H groups in total. The van der Waals surface area contributed by atoms with E-state index in [1.54, 1.807) is 7.05 Å². The first kappa shape index (κ1) is 11.4. The fourth-order valence-corrected chi connectivity index (χ4v) is 1.02. The Labute approximate surface area is 86.0 Å². The van der Waals surface area contributed by atoms with Crippen LogP contribution in [-0.2, 0) is 0 Å². The van der Waals surface area contributed by atoms with E-state index in [4.69, 9.17) is 4.74 Å². The van der Waals surface area contributed by atoms with Gasteiger partial charge in [-0.3, -0.25) is 10.1 Å².